The number of alkyl halides is 1. The van der Waals surface area contributed by atoms with Crippen LogP contribution in [-0.4, -0.2) is 18.4 Å². The predicted molar refractivity (Wildman–Crippen MR) is 64.7 cm³/mol. The van der Waals surface area contributed by atoms with E-state index in [2.05, 4.69) is 15.9 Å². The van der Waals surface area contributed by atoms with Gasteiger partial charge in [-0.15, -0.1) is 0 Å². The van der Waals surface area contributed by atoms with E-state index in [9.17, 15) is 14.0 Å². The smallest absolute Gasteiger partial charge is 0.338 e. The van der Waals surface area contributed by atoms with Crippen molar-refractivity contribution in [1.29, 1.82) is 0 Å². The van der Waals surface area contributed by atoms with E-state index >= 15 is 0 Å². The molecule has 0 amide bonds. The molecule has 3 nitrogen and oxygen atoms in total. The lowest BCUT2D eigenvalue weighted by molar-refractivity contribution is -0.116. The van der Waals surface area contributed by atoms with Crippen LogP contribution in [-0.2, 0) is 9.53 Å². The molecule has 1 aromatic carbocycles. The van der Waals surface area contributed by atoms with Gasteiger partial charge >= 0.3 is 5.97 Å². The molecular weight excluding hydrogens is 291 g/mol. The Morgan fingerprint density at radius 1 is 1.47 bits per heavy atom. The van der Waals surface area contributed by atoms with Gasteiger partial charge in [0.25, 0.3) is 0 Å². The maximum atomic E-state index is 13.1. The summed E-state index contributed by atoms with van der Waals surface area (Å²) < 4.78 is 18.0. The molecule has 0 bridgehead atoms. The third-order valence-corrected chi connectivity index (χ3v) is 3.28. The molecule has 0 fully saturated rings. The Hall–Kier alpha value is -1.23. The third-order valence-electron chi connectivity index (χ3n) is 2.14. The molecule has 0 radical (unpaired) electrons. The highest BCUT2D eigenvalue weighted by atomic mass is 79.9. The number of esters is 1. The van der Waals surface area contributed by atoms with Crippen LogP contribution in [0.25, 0.3) is 0 Å². The molecule has 0 aliphatic heterocycles. The lowest BCUT2D eigenvalue weighted by Crippen LogP contribution is -2.12. The molecule has 0 saturated heterocycles. The maximum Gasteiger partial charge on any atom is 0.338 e. The Kier molecular flexibility index (Phi) is 4.81. The Balaban J connectivity index is 3.21. The van der Waals surface area contributed by atoms with Crippen LogP contribution < -0.4 is 0 Å². The van der Waals surface area contributed by atoms with Crippen molar-refractivity contribution in [2.24, 2.45) is 0 Å². The van der Waals surface area contributed by atoms with Crippen molar-refractivity contribution >= 4 is 27.7 Å². The first-order chi connectivity index (χ1) is 7.97. The molecule has 0 spiro atoms. The lowest BCUT2D eigenvalue weighted by atomic mass is 10.0. The summed E-state index contributed by atoms with van der Waals surface area (Å²) in [5, 5.41) is 0. The first-order valence-electron chi connectivity index (χ1n) is 5.08. The second-order valence-electron chi connectivity index (χ2n) is 3.43. The number of Topliss-reactive ketones (excluding diaryl/α,β-unsaturated/α-hetero) is 1. The molecule has 1 unspecified atom stereocenters. The van der Waals surface area contributed by atoms with Gasteiger partial charge in [0, 0.05) is 0 Å². The van der Waals surface area contributed by atoms with Crippen molar-refractivity contribution in [2.75, 3.05) is 6.61 Å². The van der Waals surface area contributed by atoms with Crippen LogP contribution in [0.15, 0.2) is 18.2 Å². The normalized spacial score (nSPS) is 12.0. The van der Waals surface area contributed by atoms with E-state index in [1.165, 1.54) is 13.0 Å². The Bertz CT molecular complexity index is 445. The molecule has 92 valence electrons. The molecular formula is C12H12BrFO3. The van der Waals surface area contributed by atoms with E-state index in [-0.39, 0.29) is 23.5 Å². The van der Waals surface area contributed by atoms with Crippen molar-refractivity contribution in [2.45, 2.75) is 18.7 Å². The van der Waals surface area contributed by atoms with E-state index in [1.54, 1.807) is 6.92 Å². The number of benzene rings is 1. The van der Waals surface area contributed by atoms with Gasteiger partial charge in [-0.2, -0.15) is 0 Å². The topological polar surface area (TPSA) is 43.4 Å². The highest BCUT2D eigenvalue weighted by Crippen LogP contribution is 2.28. The summed E-state index contributed by atoms with van der Waals surface area (Å²) in [5.74, 6) is -1.27. The van der Waals surface area contributed by atoms with Crippen LogP contribution in [0.4, 0.5) is 4.39 Å². The molecule has 0 N–H and O–H groups in total. The number of ether oxygens (including phenoxy) is 1. The van der Waals surface area contributed by atoms with E-state index in [4.69, 9.17) is 4.74 Å². The molecule has 5 heteroatoms. The summed E-state index contributed by atoms with van der Waals surface area (Å²) in [7, 11) is 0. The third kappa shape index (κ3) is 3.36. The number of hydrogen-bond acceptors (Lipinski definition) is 3. The standard InChI is InChI=1S/C12H12BrFO3/c1-3-17-12(16)9-5-4-8(14)6-10(9)11(13)7(2)15/h4-6,11H,3H2,1-2H3. The first-order valence-corrected chi connectivity index (χ1v) is 6.00. The van der Waals surface area contributed by atoms with Gasteiger partial charge in [-0.25, -0.2) is 9.18 Å². The fraction of sp³-hybridized carbons (Fsp3) is 0.333. The molecule has 0 aliphatic carbocycles. The minimum Gasteiger partial charge on any atom is -0.462 e. The number of carbonyl (C=O) groups is 2. The molecule has 1 aromatic rings. The van der Waals surface area contributed by atoms with Crippen LogP contribution in [0.2, 0.25) is 0 Å². The van der Waals surface area contributed by atoms with Crippen molar-refractivity contribution in [3.63, 3.8) is 0 Å². The molecule has 17 heavy (non-hydrogen) atoms. The van der Waals surface area contributed by atoms with Crippen LogP contribution in [0.5, 0.6) is 0 Å². The average molecular weight is 303 g/mol. The predicted octanol–water partition coefficient (Wildman–Crippen LogP) is 3.03. The van der Waals surface area contributed by atoms with Gasteiger partial charge in [0.15, 0.2) is 0 Å². The van der Waals surface area contributed by atoms with Crippen LogP contribution >= 0.6 is 15.9 Å². The van der Waals surface area contributed by atoms with Gasteiger partial charge in [-0.1, -0.05) is 15.9 Å². The molecule has 0 aromatic heterocycles. The fourth-order valence-corrected chi connectivity index (χ4v) is 1.74. The SMILES string of the molecule is CCOC(=O)c1ccc(F)cc1C(Br)C(C)=O. The highest BCUT2D eigenvalue weighted by molar-refractivity contribution is 9.09. The second-order valence-corrected chi connectivity index (χ2v) is 4.34. The summed E-state index contributed by atoms with van der Waals surface area (Å²) >= 11 is 3.13. The Labute approximate surface area is 107 Å². The second kappa shape index (κ2) is 5.91. The summed E-state index contributed by atoms with van der Waals surface area (Å²) in [4.78, 5) is 22.2. The Morgan fingerprint density at radius 2 is 2.12 bits per heavy atom. The molecule has 1 rings (SSSR count). The van der Waals surface area contributed by atoms with Crippen molar-refractivity contribution in [1.82, 2.24) is 0 Å². The summed E-state index contributed by atoms with van der Waals surface area (Å²) in [5.41, 5.74) is 0.487. The van der Waals surface area contributed by atoms with Crippen molar-refractivity contribution in [3.05, 3.63) is 35.1 Å². The number of carbonyl (C=O) groups excluding carboxylic acids is 2. The molecule has 0 heterocycles. The van der Waals surface area contributed by atoms with Crippen molar-refractivity contribution in [3.8, 4) is 0 Å². The zero-order valence-corrected chi connectivity index (χ0v) is 11.1. The molecule has 1 atom stereocenters. The highest BCUT2D eigenvalue weighted by Gasteiger charge is 2.21. The zero-order valence-electron chi connectivity index (χ0n) is 9.50. The summed E-state index contributed by atoms with van der Waals surface area (Å²) in [6.07, 6.45) is 0. The lowest BCUT2D eigenvalue weighted by Gasteiger charge is -2.12. The Morgan fingerprint density at radius 3 is 2.65 bits per heavy atom. The summed E-state index contributed by atoms with van der Waals surface area (Å²) in [6.45, 7) is 3.26. The van der Waals surface area contributed by atoms with Gasteiger partial charge < -0.3 is 4.74 Å². The average Bonchev–Trinajstić information content (AvgIpc) is 2.28. The van der Waals surface area contributed by atoms with Crippen molar-refractivity contribution < 1.29 is 18.7 Å². The van der Waals surface area contributed by atoms with Crippen LogP contribution in [0.3, 0.4) is 0 Å². The molecule has 0 aliphatic rings. The van der Waals surface area contributed by atoms with Gasteiger partial charge in [-0.3, -0.25) is 4.79 Å². The van der Waals surface area contributed by atoms with E-state index in [0.717, 1.165) is 12.1 Å². The minimum atomic E-state index is -0.711. The zero-order chi connectivity index (χ0) is 13.0. The van der Waals surface area contributed by atoms with Gasteiger partial charge in [0.2, 0.25) is 0 Å². The largest absolute Gasteiger partial charge is 0.462 e. The van der Waals surface area contributed by atoms with E-state index in [0.29, 0.717) is 0 Å². The van der Waals surface area contributed by atoms with E-state index in [1.807, 2.05) is 0 Å². The quantitative estimate of drug-likeness (QED) is 0.634. The number of rotatable bonds is 4. The molecule has 0 saturated carbocycles. The minimum absolute atomic E-state index is 0.199. The fourth-order valence-electron chi connectivity index (χ4n) is 1.36. The van der Waals surface area contributed by atoms with Crippen LogP contribution in [0.1, 0.15) is 34.6 Å². The van der Waals surface area contributed by atoms with Gasteiger partial charge in [-0.05, 0) is 37.6 Å². The number of ketones is 1. The van der Waals surface area contributed by atoms with E-state index < -0.39 is 16.6 Å². The number of halogens is 2. The summed E-state index contributed by atoms with van der Waals surface area (Å²) in [6, 6.07) is 3.64. The first kappa shape index (κ1) is 13.8. The number of hydrogen-bond donors (Lipinski definition) is 0. The van der Waals surface area contributed by atoms with Gasteiger partial charge in [0.05, 0.1) is 17.0 Å². The van der Waals surface area contributed by atoms with Crippen LogP contribution in [0, 0.1) is 5.82 Å². The monoisotopic (exact) mass is 302 g/mol. The van der Waals surface area contributed by atoms with Gasteiger partial charge in [0.1, 0.15) is 11.6 Å². The maximum absolute atomic E-state index is 13.1.